The number of nitrogens with zero attached hydrogens (tertiary/aromatic N) is 2. The molecule has 0 atom stereocenters. The molecule has 1 saturated heterocycles. The highest BCUT2D eigenvalue weighted by atomic mass is 35.5. The van der Waals surface area contributed by atoms with Gasteiger partial charge in [0.2, 0.25) is 5.75 Å². The predicted octanol–water partition coefficient (Wildman–Crippen LogP) is 5.54. The number of hydrogen-bond donors (Lipinski definition) is 1. The SMILES string of the molecule is O=C1NC(=NC2CCCC2)S/C1=C\c1ccc(Oc2ccccc2Cl)c([N+](=O)[O-])c1. The minimum Gasteiger partial charge on any atom is -0.449 e. The third-order valence-corrected chi connectivity index (χ3v) is 6.05. The van der Waals surface area contributed by atoms with Gasteiger partial charge in [-0.05, 0) is 54.4 Å². The number of amides is 1. The maximum absolute atomic E-state index is 12.3. The quantitative estimate of drug-likeness (QED) is 0.371. The number of nitrogens with one attached hydrogen (secondary N) is 1. The van der Waals surface area contributed by atoms with E-state index in [9.17, 15) is 14.9 Å². The molecule has 1 N–H and O–H groups in total. The normalized spacial score (nSPS) is 19.4. The summed E-state index contributed by atoms with van der Waals surface area (Å²) in [4.78, 5) is 28.4. The molecule has 2 aliphatic rings. The van der Waals surface area contributed by atoms with Crippen molar-refractivity contribution in [2.24, 2.45) is 4.99 Å². The highest BCUT2D eigenvalue weighted by Crippen LogP contribution is 2.36. The zero-order valence-electron chi connectivity index (χ0n) is 15.8. The van der Waals surface area contributed by atoms with E-state index < -0.39 is 4.92 Å². The Labute approximate surface area is 182 Å². The second-order valence-corrected chi connectivity index (χ2v) is 8.39. The average molecular weight is 444 g/mol. The Kier molecular flexibility index (Phi) is 6.06. The summed E-state index contributed by atoms with van der Waals surface area (Å²) in [5.74, 6) is 0.143. The fourth-order valence-corrected chi connectivity index (χ4v) is 4.40. The Hall–Kier alpha value is -2.84. The Morgan fingerprint density at radius 2 is 1.97 bits per heavy atom. The van der Waals surface area contributed by atoms with Gasteiger partial charge in [0.05, 0.1) is 20.9 Å². The number of nitro benzene ring substituents is 1. The molecule has 0 radical (unpaired) electrons. The fourth-order valence-electron chi connectivity index (χ4n) is 3.34. The van der Waals surface area contributed by atoms with E-state index in [2.05, 4.69) is 10.3 Å². The topological polar surface area (TPSA) is 93.8 Å². The lowest BCUT2D eigenvalue weighted by Crippen LogP contribution is -2.21. The highest BCUT2D eigenvalue weighted by Gasteiger charge is 2.26. The van der Waals surface area contributed by atoms with Crippen LogP contribution in [0.25, 0.3) is 6.08 Å². The molecule has 1 aliphatic carbocycles. The number of para-hydroxylation sites is 1. The molecule has 154 valence electrons. The van der Waals surface area contributed by atoms with E-state index in [0.717, 1.165) is 25.7 Å². The van der Waals surface area contributed by atoms with Crippen molar-refractivity contribution in [3.8, 4) is 11.5 Å². The first kappa shape index (κ1) is 20.4. The van der Waals surface area contributed by atoms with Crippen molar-refractivity contribution >= 4 is 46.2 Å². The number of aliphatic imine (C=N–C) groups is 1. The molecule has 2 fully saturated rings. The number of carbonyl (C=O) groups is 1. The second-order valence-electron chi connectivity index (χ2n) is 6.95. The molecule has 9 heteroatoms. The van der Waals surface area contributed by atoms with Gasteiger partial charge in [0, 0.05) is 6.07 Å². The zero-order valence-corrected chi connectivity index (χ0v) is 17.4. The molecule has 2 aromatic carbocycles. The summed E-state index contributed by atoms with van der Waals surface area (Å²) in [5, 5.41) is 15.3. The van der Waals surface area contributed by atoms with Crippen molar-refractivity contribution in [3.63, 3.8) is 0 Å². The number of nitro groups is 1. The summed E-state index contributed by atoms with van der Waals surface area (Å²) in [5.41, 5.74) is 0.306. The molecule has 0 spiro atoms. The Morgan fingerprint density at radius 3 is 2.70 bits per heavy atom. The number of rotatable bonds is 5. The van der Waals surface area contributed by atoms with Crippen LogP contribution in [-0.4, -0.2) is 22.0 Å². The minimum atomic E-state index is -0.525. The van der Waals surface area contributed by atoms with E-state index in [1.807, 2.05) is 0 Å². The number of carbonyl (C=O) groups excluding carboxylic acids is 1. The first-order valence-corrected chi connectivity index (χ1v) is 10.7. The largest absolute Gasteiger partial charge is 0.449 e. The summed E-state index contributed by atoms with van der Waals surface area (Å²) < 4.78 is 5.64. The van der Waals surface area contributed by atoms with Crippen LogP contribution in [0, 0.1) is 10.1 Å². The van der Waals surface area contributed by atoms with Crippen molar-refractivity contribution in [1.29, 1.82) is 0 Å². The molecule has 1 saturated carbocycles. The monoisotopic (exact) mass is 443 g/mol. The Balaban J connectivity index is 1.57. The van der Waals surface area contributed by atoms with Gasteiger partial charge in [0.1, 0.15) is 5.75 Å². The summed E-state index contributed by atoms with van der Waals surface area (Å²) in [7, 11) is 0. The molecule has 1 aliphatic heterocycles. The first-order valence-electron chi connectivity index (χ1n) is 9.49. The van der Waals surface area contributed by atoms with Crippen LogP contribution in [0.15, 0.2) is 52.4 Å². The molecule has 2 aromatic rings. The van der Waals surface area contributed by atoms with Crippen LogP contribution in [0.3, 0.4) is 0 Å². The van der Waals surface area contributed by atoms with E-state index in [4.69, 9.17) is 16.3 Å². The highest BCUT2D eigenvalue weighted by molar-refractivity contribution is 8.18. The molecule has 1 amide bonds. The van der Waals surface area contributed by atoms with Gasteiger partial charge in [-0.15, -0.1) is 0 Å². The maximum Gasteiger partial charge on any atom is 0.312 e. The minimum absolute atomic E-state index is 0.0715. The van der Waals surface area contributed by atoms with Crippen molar-refractivity contribution in [3.05, 3.63) is 68.1 Å². The van der Waals surface area contributed by atoms with Crippen LogP contribution < -0.4 is 10.1 Å². The van der Waals surface area contributed by atoms with Gasteiger partial charge < -0.3 is 10.1 Å². The van der Waals surface area contributed by atoms with Gasteiger partial charge in [0.25, 0.3) is 5.91 Å². The smallest absolute Gasteiger partial charge is 0.312 e. The summed E-state index contributed by atoms with van der Waals surface area (Å²) in [6.45, 7) is 0. The lowest BCUT2D eigenvalue weighted by Gasteiger charge is -2.08. The Bertz CT molecular complexity index is 1060. The number of amidine groups is 1. The van der Waals surface area contributed by atoms with Gasteiger partial charge >= 0.3 is 5.69 Å². The number of thioether (sulfide) groups is 1. The van der Waals surface area contributed by atoms with E-state index in [-0.39, 0.29) is 23.4 Å². The van der Waals surface area contributed by atoms with Crippen LogP contribution in [0.1, 0.15) is 31.2 Å². The Morgan fingerprint density at radius 1 is 1.20 bits per heavy atom. The molecule has 1 heterocycles. The van der Waals surface area contributed by atoms with Crippen molar-refractivity contribution < 1.29 is 14.5 Å². The molecule has 30 heavy (non-hydrogen) atoms. The van der Waals surface area contributed by atoms with Gasteiger partial charge in [-0.2, -0.15) is 0 Å². The molecular formula is C21H18ClN3O4S. The van der Waals surface area contributed by atoms with Crippen LogP contribution >= 0.6 is 23.4 Å². The van der Waals surface area contributed by atoms with Crippen LogP contribution in [0.2, 0.25) is 5.02 Å². The fraction of sp³-hybridized carbons (Fsp3) is 0.238. The van der Waals surface area contributed by atoms with E-state index >= 15 is 0 Å². The number of hydrogen-bond acceptors (Lipinski definition) is 6. The van der Waals surface area contributed by atoms with E-state index in [1.54, 1.807) is 36.4 Å². The molecule has 7 nitrogen and oxygen atoms in total. The first-order chi connectivity index (χ1) is 14.5. The molecular weight excluding hydrogens is 426 g/mol. The van der Waals surface area contributed by atoms with Crippen molar-refractivity contribution in [2.45, 2.75) is 31.7 Å². The number of benzene rings is 2. The van der Waals surface area contributed by atoms with E-state index in [0.29, 0.717) is 26.4 Å². The molecule has 4 rings (SSSR count). The summed E-state index contributed by atoms with van der Waals surface area (Å²) >= 11 is 7.33. The lowest BCUT2D eigenvalue weighted by atomic mass is 10.1. The third kappa shape index (κ3) is 4.66. The van der Waals surface area contributed by atoms with Crippen LogP contribution in [0.5, 0.6) is 11.5 Å². The van der Waals surface area contributed by atoms with Gasteiger partial charge in [-0.1, -0.05) is 42.6 Å². The summed E-state index contributed by atoms with van der Waals surface area (Å²) in [6, 6.07) is 11.5. The van der Waals surface area contributed by atoms with Gasteiger partial charge in [-0.3, -0.25) is 19.9 Å². The van der Waals surface area contributed by atoms with Gasteiger partial charge in [0.15, 0.2) is 5.17 Å². The molecule has 0 bridgehead atoms. The van der Waals surface area contributed by atoms with Crippen LogP contribution in [0.4, 0.5) is 5.69 Å². The van der Waals surface area contributed by atoms with E-state index in [1.165, 1.54) is 23.9 Å². The van der Waals surface area contributed by atoms with Gasteiger partial charge in [-0.25, -0.2) is 0 Å². The average Bonchev–Trinajstić information content (AvgIpc) is 3.34. The zero-order chi connectivity index (χ0) is 21.1. The second kappa shape index (κ2) is 8.89. The third-order valence-electron chi connectivity index (χ3n) is 4.81. The standard InChI is InChI=1S/C21H18ClN3O4S/c22-15-7-3-4-8-17(15)29-18-10-9-13(11-16(18)25(27)28)12-19-20(26)24-21(30-19)23-14-5-1-2-6-14/h3-4,7-12,14H,1-2,5-6H2,(H,23,24,26)/b19-12-. The summed E-state index contributed by atoms with van der Waals surface area (Å²) in [6.07, 6.45) is 6.02. The van der Waals surface area contributed by atoms with Crippen molar-refractivity contribution in [2.75, 3.05) is 0 Å². The number of halogens is 1. The van der Waals surface area contributed by atoms with Crippen LogP contribution in [-0.2, 0) is 4.79 Å². The van der Waals surface area contributed by atoms with Crippen molar-refractivity contribution in [1.82, 2.24) is 5.32 Å². The predicted molar refractivity (Wildman–Crippen MR) is 118 cm³/mol. The maximum atomic E-state index is 12.3. The molecule has 0 unspecified atom stereocenters. The lowest BCUT2D eigenvalue weighted by molar-refractivity contribution is -0.385. The molecule has 0 aromatic heterocycles. The number of ether oxygens (including phenoxy) is 1.